The van der Waals surface area contributed by atoms with Crippen LogP contribution in [0.5, 0.6) is 0 Å². The zero-order valence-electron chi connectivity index (χ0n) is 15.8. The molecule has 9 heteroatoms. The molecule has 0 aliphatic heterocycles. The van der Waals surface area contributed by atoms with Crippen molar-refractivity contribution in [2.45, 2.75) is 26.3 Å². The SMILES string of the molecule is CC(C)C(Nc1nc(C(F)F)nc2ccccc12)c1nc(-c2cccnc2)no1. The van der Waals surface area contributed by atoms with Crippen LogP contribution in [0.25, 0.3) is 22.3 Å². The predicted octanol–water partition coefficient (Wildman–Crippen LogP) is 4.82. The minimum Gasteiger partial charge on any atom is -0.358 e. The lowest BCUT2D eigenvalue weighted by Crippen LogP contribution is -2.19. The lowest BCUT2D eigenvalue weighted by Gasteiger charge is -2.20. The third kappa shape index (κ3) is 3.89. The standard InChI is InChI=1S/C20H18F2N6O/c1-11(2)15(20-27-17(28-29-20)12-6-5-9-23-10-12)25-18-13-7-3-4-8-14(13)24-19(26-18)16(21)22/h3-11,15-16H,1-2H3,(H,24,25,26). The Morgan fingerprint density at radius 2 is 1.83 bits per heavy atom. The molecule has 1 aromatic carbocycles. The largest absolute Gasteiger partial charge is 0.358 e. The molecule has 3 heterocycles. The highest BCUT2D eigenvalue weighted by molar-refractivity contribution is 5.89. The first-order valence-corrected chi connectivity index (χ1v) is 9.08. The fraction of sp³-hybridized carbons (Fsp3) is 0.250. The van der Waals surface area contributed by atoms with Crippen LogP contribution in [0.1, 0.15) is 38.0 Å². The molecule has 0 saturated heterocycles. The van der Waals surface area contributed by atoms with E-state index in [1.807, 2.05) is 19.9 Å². The van der Waals surface area contributed by atoms with Gasteiger partial charge in [0.1, 0.15) is 11.9 Å². The van der Waals surface area contributed by atoms with Gasteiger partial charge in [-0.05, 0) is 30.2 Å². The van der Waals surface area contributed by atoms with Crippen LogP contribution in [0.15, 0.2) is 53.3 Å². The van der Waals surface area contributed by atoms with E-state index < -0.39 is 18.3 Å². The van der Waals surface area contributed by atoms with Crippen LogP contribution in [0, 0.1) is 5.92 Å². The highest BCUT2D eigenvalue weighted by atomic mass is 19.3. The van der Waals surface area contributed by atoms with Crippen molar-refractivity contribution in [3.05, 3.63) is 60.5 Å². The summed E-state index contributed by atoms with van der Waals surface area (Å²) >= 11 is 0. The number of benzene rings is 1. The summed E-state index contributed by atoms with van der Waals surface area (Å²) in [5.41, 5.74) is 1.15. The molecule has 29 heavy (non-hydrogen) atoms. The van der Waals surface area contributed by atoms with Gasteiger partial charge in [-0.2, -0.15) is 4.98 Å². The van der Waals surface area contributed by atoms with E-state index in [0.29, 0.717) is 28.4 Å². The molecule has 1 atom stereocenters. The Balaban J connectivity index is 1.72. The van der Waals surface area contributed by atoms with Crippen molar-refractivity contribution in [3.63, 3.8) is 0 Å². The maximum absolute atomic E-state index is 13.3. The summed E-state index contributed by atoms with van der Waals surface area (Å²) in [7, 11) is 0. The molecule has 148 valence electrons. The Kier molecular flexibility index (Phi) is 5.11. The fourth-order valence-electron chi connectivity index (χ4n) is 2.94. The molecule has 3 aromatic heterocycles. The fourth-order valence-corrected chi connectivity index (χ4v) is 2.94. The highest BCUT2D eigenvalue weighted by Crippen LogP contribution is 2.31. The highest BCUT2D eigenvalue weighted by Gasteiger charge is 2.25. The second kappa shape index (κ2) is 7.86. The van der Waals surface area contributed by atoms with Crippen LogP contribution >= 0.6 is 0 Å². The van der Waals surface area contributed by atoms with Crippen molar-refractivity contribution in [1.82, 2.24) is 25.1 Å². The number of hydrogen-bond donors (Lipinski definition) is 1. The summed E-state index contributed by atoms with van der Waals surface area (Å²) in [4.78, 5) is 16.5. The van der Waals surface area contributed by atoms with Crippen LogP contribution in [0.4, 0.5) is 14.6 Å². The van der Waals surface area contributed by atoms with E-state index in [0.717, 1.165) is 5.56 Å². The van der Waals surface area contributed by atoms with Gasteiger partial charge in [-0.3, -0.25) is 4.98 Å². The summed E-state index contributed by atoms with van der Waals surface area (Å²) < 4.78 is 32.0. The number of hydrogen-bond acceptors (Lipinski definition) is 7. The third-order valence-corrected chi connectivity index (χ3v) is 4.40. The van der Waals surface area contributed by atoms with E-state index in [-0.39, 0.29) is 5.92 Å². The zero-order valence-corrected chi connectivity index (χ0v) is 15.8. The van der Waals surface area contributed by atoms with Crippen LogP contribution in [-0.4, -0.2) is 25.1 Å². The maximum Gasteiger partial charge on any atom is 0.297 e. The van der Waals surface area contributed by atoms with Crippen LogP contribution in [0.3, 0.4) is 0 Å². The number of fused-ring (bicyclic) bond motifs is 1. The second-order valence-electron chi connectivity index (χ2n) is 6.81. The molecule has 0 saturated carbocycles. The number of nitrogens with one attached hydrogen (secondary N) is 1. The molecular weight excluding hydrogens is 378 g/mol. The van der Waals surface area contributed by atoms with E-state index in [4.69, 9.17) is 4.52 Å². The van der Waals surface area contributed by atoms with Gasteiger partial charge in [-0.15, -0.1) is 0 Å². The predicted molar refractivity (Wildman–Crippen MR) is 103 cm³/mol. The molecule has 1 N–H and O–H groups in total. The Morgan fingerprint density at radius 1 is 1.00 bits per heavy atom. The van der Waals surface area contributed by atoms with Gasteiger partial charge in [0.2, 0.25) is 11.7 Å². The van der Waals surface area contributed by atoms with Gasteiger partial charge in [0, 0.05) is 23.3 Å². The van der Waals surface area contributed by atoms with Crippen molar-refractivity contribution >= 4 is 16.7 Å². The number of para-hydroxylation sites is 1. The van der Waals surface area contributed by atoms with Crippen LogP contribution < -0.4 is 5.32 Å². The molecular formula is C20H18F2N6O. The van der Waals surface area contributed by atoms with Gasteiger partial charge in [-0.1, -0.05) is 31.1 Å². The Morgan fingerprint density at radius 3 is 2.55 bits per heavy atom. The summed E-state index contributed by atoms with van der Waals surface area (Å²) in [6.07, 6.45) is 0.515. The minimum absolute atomic E-state index is 0.0147. The number of halogens is 2. The zero-order chi connectivity index (χ0) is 20.4. The molecule has 0 aliphatic rings. The van der Waals surface area contributed by atoms with E-state index in [1.165, 1.54) is 0 Å². The van der Waals surface area contributed by atoms with Gasteiger partial charge >= 0.3 is 0 Å². The Hall–Kier alpha value is -3.49. The smallest absolute Gasteiger partial charge is 0.297 e. The second-order valence-corrected chi connectivity index (χ2v) is 6.81. The van der Waals surface area contributed by atoms with Crippen molar-refractivity contribution in [1.29, 1.82) is 0 Å². The Bertz CT molecular complexity index is 1120. The number of nitrogens with zero attached hydrogens (tertiary/aromatic N) is 5. The van der Waals surface area contributed by atoms with Crippen molar-refractivity contribution < 1.29 is 13.3 Å². The first-order chi connectivity index (χ1) is 14.0. The molecule has 7 nitrogen and oxygen atoms in total. The van der Waals surface area contributed by atoms with Crippen LogP contribution in [-0.2, 0) is 0 Å². The first kappa shape index (κ1) is 18.9. The summed E-state index contributed by atoms with van der Waals surface area (Å²) in [6, 6.07) is 10.2. The molecule has 0 bridgehead atoms. The van der Waals surface area contributed by atoms with Gasteiger partial charge in [0.15, 0.2) is 5.82 Å². The first-order valence-electron chi connectivity index (χ1n) is 9.08. The maximum atomic E-state index is 13.3. The van der Waals surface area contributed by atoms with Crippen molar-refractivity contribution in [2.24, 2.45) is 5.92 Å². The molecule has 0 spiro atoms. The quantitative estimate of drug-likeness (QED) is 0.500. The number of aromatic nitrogens is 5. The van der Waals surface area contributed by atoms with Crippen LogP contribution in [0.2, 0.25) is 0 Å². The summed E-state index contributed by atoms with van der Waals surface area (Å²) in [6.45, 7) is 3.92. The molecule has 4 aromatic rings. The molecule has 0 amide bonds. The van der Waals surface area contributed by atoms with E-state index in [2.05, 4.69) is 30.4 Å². The van der Waals surface area contributed by atoms with E-state index in [1.54, 1.807) is 42.7 Å². The molecule has 4 rings (SSSR count). The van der Waals surface area contributed by atoms with E-state index in [9.17, 15) is 8.78 Å². The van der Waals surface area contributed by atoms with Crippen molar-refractivity contribution in [3.8, 4) is 11.4 Å². The number of alkyl halides is 2. The third-order valence-electron chi connectivity index (χ3n) is 4.40. The topological polar surface area (TPSA) is 89.6 Å². The molecule has 1 unspecified atom stereocenters. The molecule has 0 radical (unpaired) electrons. The van der Waals surface area contributed by atoms with Gasteiger partial charge in [0.05, 0.1) is 5.52 Å². The number of pyridine rings is 1. The summed E-state index contributed by atoms with van der Waals surface area (Å²) in [5, 5.41) is 7.86. The number of rotatable bonds is 6. The van der Waals surface area contributed by atoms with Gasteiger partial charge in [-0.25, -0.2) is 18.7 Å². The summed E-state index contributed by atoms with van der Waals surface area (Å²) in [5.74, 6) is 0.517. The van der Waals surface area contributed by atoms with Crippen molar-refractivity contribution in [2.75, 3.05) is 5.32 Å². The monoisotopic (exact) mass is 396 g/mol. The normalized spacial score (nSPS) is 12.6. The average Bonchev–Trinajstić information content (AvgIpc) is 3.21. The molecule has 0 fully saturated rings. The number of anilines is 1. The average molecular weight is 396 g/mol. The van der Waals surface area contributed by atoms with E-state index >= 15 is 0 Å². The van der Waals surface area contributed by atoms with Gasteiger partial charge < -0.3 is 9.84 Å². The lowest BCUT2D eigenvalue weighted by atomic mass is 10.0. The minimum atomic E-state index is -2.78. The van der Waals surface area contributed by atoms with Gasteiger partial charge in [0.25, 0.3) is 6.43 Å². The Labute approximate surface area is 165 Å². The molecule has 0 aliphatic carbocycles. The lowest BCUT2D eigenvalue weighted by molar-refractivity contribution is 0.141.